The van der Waals surface area contributed by atoms with Crippen LogP contribution in [0.1, 0.15) is 0 Å². The van der Waals surface area contributed by atoms with Crippen LogP contribution in [0.5, 0.6) is 5.75 Å². The third kappa shape index (κ3) is 1.57. The predicted molar refractivity (Wildman–Crippen MR) is 56.4 cm³/mol. The van der Waals surface area contributed by atoms with Crippen LogP contribution in [0.25, 0.3) is 10.9 Å². The van der Waals surface area contributed by atoms with E-state index >= 15 is 0 Å². The summed E-state index contributed by atoms with van der Waals surface area (Å²) in [6.45, 7) is 0. The van der Waals surface area contributed by atoms with Gasteiger partial charge in [0.15, 0.2) is 5.75 Å². The Morgan fingerprint density at radius 3 is 3.00 bits per heavy atom. The summed E-state index contributed by atoms with van der Waals surface area (Å²) in [7, 11) is 0. The van der Waals surface area contributed by atoms with Crippen molar-refractivity contribution in [2.24, 2.45) is 0 Å². The van der Waals surface area contributed by atoms with Gasteiger partial charge < -0.3 is 20.6 Å². The first-order chi connectivity index (χ1) is 7.09. The number of aromatic nitrogens is 1. The van der Waals surface area contributed by atoms with Crippen molar-refractivity contribution in [2.45, 2.75) is 0 Å². The van der Waals surface area contributed by atoms with E-state index in [0.29, 0.717) is 16.6 Å². The second-order valence-corrected chi connectivity index (χ2v) is 3.29. The first kappa shape index (κ1) is 9.67. The maximum absolute atomic E-state index is 10.4. The van der Waals surface area contributed by atoms with Gasteiger partial charge in [0.05, 0.1) is 16.2 Å². The molecule has 1 aromatic carbocycles. The standard InChI is InChI=1S/C9H7ClN2O3/c10-7-4-1-2-12-8(4)5(11)3-6(7)15-9(13)14/h1-3,12H,11H2,(H,13,14). The molecular formula is C9H7ClN2O3. The van der Waals surface area contributed by atoms with Gasteiger partial charge in [-0.2, -0.15) is 0 Å². The van der Waals surface area contributed by atoms with E-state index in [0.717, 1.165) is 0 Å². The highest BCUT2D eigenvalue weighted by molar-refractivity contribution is 6.37. The number of nitrogens with one attached hydrogen (secondary N) is 1. The highest BCUT2D eigenvalue weighted by Crippen LogP contribution is 2.36. The molecular weight excluding hydrogens is 220 g/mol. The number of carboxylic acid groups (broad SMARTS) is 1. The SMILES string of the molecule is Nc1cc(OC(=O)O)c(Cl)c2cc[nH]c12. The molecule has 0 aliphatic rings. The van der Waals surface area contributed by atoms with E-state index in [2.05, 4.69) is 9.72 Å². The fourth-order valence-corrected chi connectivity index (χ4v) is 1.62. The number of nitrogen functional groups attached to an aromatic ring is 1. The van der Waals surface area contributed by atoms with E-state index in [9.17, 15) is 4.79 Å². The zero-order valence-electron chi connectivity index (χ0n) is 7.45. The second kappa shape index (κ2) is 3.36. The second-order valence-electron chi connectivity index (χ2n) is 2.91. The summed E-state index contributed by atoms with van der Waals surface area (Å²) in [5.74, 6) is 0.0359. The third-order valence-corrected chi connectivity index (χ3v) is 2.36. The van der Waals surface area contributed by atoms with Crippen LogP contribution in [0.3, 0.4) is 0 Å². The Morgan fingerprint density at radius 2 is 2.33 bits per heavy atom. The fraction of sp³-hybridized carbons (Fsp3) is 0. The molecule has 6 heteroatoms. The number of hydrogen-bond acceptors (Lipinski definition) is 3. The Hall–Kier alpha value is -1.88. The summed E-state index contributed by atoms with van der Waals surface area (Å²) >= 11 is 5.94. The van der Waals surface area contributed by atoms with Gasteiger partial charge in [-0.1, -0.05) is 11.6 Å². The average Bonchev–Trinajstić information content (AvgIpc) is 2.61. The zero-order valence-corrected chi connectivity index (χ0v) is 8.21. The van der Waals surface area contributed by atoms with E-state index in [1.54, 1.807) is 12.3 Å². The van der Waals surface area contributed by atoms with Crippen molar-refractivity contribution >= 4 is 34.3 Å². The van der Waals surface area contributed by atoms with Gasteiger partial charge in [-0.15, -0.1) is 0 Å². The Labute approximate surface area is 89.4 Å². The van der Waals surface area contributed by atoms with Crippen molar-refractivity contribution in [1.29, 1.82) is 0 Å². The summed E-state index contributed by atoms with van der Waals surface area (Å²) in [4.78, 5) is 13.3. The minimum Gasteiger partial charge on any atom is -0.449 e. The Kier molecular flexibility index (Phi) is 2.17. The molecule has 0 saturated carbocycles. The number of H-pyrrole nitrogens is 1. The highest BCUT2D eigenvalue weighted by Gasteiger charge is 2.13. The molecule has 0 amide bonds. The maximum Gasteiger partial charge on any atom is 0.511 e. The molecule has 0 fully saturated rings. The van der Waals surface area contributed by atoms with Crippen molar-refractivity contribution in [3.8, 4) is 5.75 Å². The van der Waals surface area contributed by atoms with Gasteiger partial charge in [0, 0.05) is 17.6 Å². The topological polar surface area (TPSA) is 88.3 Å². The van der Waals surface area contributed by atoms with Gasteiger partial charge in [-0.05, 0) is 6.07 Å². The van der Waals surface area contributed by atoms with Crippen LogP contribution in [0.4, 0.5) is 10.5 Å². The quantitative estimate of drug-likeness (QED) is 0.396. The van der Waals surface area contributed by atoms with E-state index in [1.807, 2.05) is 0 Å². The summed E-state index contributed by atoms with van der Waals surface area (Å²) in [6, 6.07) is 3.07. The number of nitrogens with two attached hydrogens (primary N) is 1. The lowest BCUT2D eigenvalue weighted by molar-refractivity contribution is 0.144. The number of halogens is 1. The monoisotopic (exact) mass is 226 g/mol. The minimum atomic E-state index is -1.42. The number of carbonyl (C=O) groups is 1. The molecule has 0 spiro atoms. The number of ether oxygens (including phenoxy) is 1. The number of aromatic amines is 1. The average molecular weight is 227 g/mol. The Balaban J connectivity index is 2.65. The van der Waals surface area contributed by atoms with E-state index < -0.39 is 6.16 Å². The molecule has 0 atom stereocenters. The van der Waals surface area contributed by atoms with E-state index in [1.165, 1.54) is 6.07 Å². The minimum absolute atomic E-state index is 0.0359. The van der Waals surface area contributed by atoms with Crippen molar-refractivity contribution in [3.63, 3.8) is 0 Å². The summed E-state index contributed by atoms with van der Waals surface area (Å²) in [5, 5.41) is 9.33. The fourth-order valence-electron chi connectivity index (χ4n) is 1.37. The molecule has 15 heavy (non-hydrogen) atoms. The first-order valence-corrected chi connectivity index (χ1v) is 4.43. The van der Waals surface area contributed by atoms with Gasteiger partial charge in [0.1, 0.15) is 0 Å². The molecule has 0 saturated heterocycles. The zero-order chi connectivity index (χ0) is 11.0. The van der Waals surface area contributed by atoms with Gasteiger partial charge in [0.25, 0.3) is 0 Å². The van der Waals surface area contributed by atoms with Gasteiger partial charge >= 0.3 is 6.16 Å². The summed E-state index contributed by atoms with van der Waals surface area (Å²) in [6.07, 6.45) is 0.239. The lowest BCUT2D eigenvalue weighted by Crippen LogP contribution is -2.04. The molecule has 0 aliphatic heterocycles. The smallest absolute Gasteiger partial charge is 0.449 e. The number of fused-ring (bicyclic) bond motifs is 1. The molecule has 5 nitrogen and oxygen atoms in total. The summed E-state index contributed by atoms with van der Waals surface area (Å²) < 4.78 is 4.49. The van der Waals surface area contributed by atoms with Crippen molar-refractivity contribution in [2.75, 3.05) is 5.73 Å². The molecule has 0 aliphatic carbocycles. The molecule has 1 aromatic heterocycles. The van der Waals surface area contributed by atoms with Gasteiger partial charge in [-0.3, -0.25) is 0 Å². The van der Waals surface area contributed by atoms with Crippen LogP contribution in [-0.4, -0.2) is 16.2 Å². The van der Waals surface area contributed by atoms with Crippen molar-refractivity contribution in [3.05, 3.63) is 23.4 Å². The maximum atomic E-state index is 10.4. The van der Waals surface area contributed by atoms with E-state index in [-0.39, 0.29) is 10.8 Å². The van der Waals surface area contributed by atoms with Crippen LogP contribution < -0.4 is 10.5 Å². The normalized spacial score (nSPS) is 10.5. The molecule has 1 heterocycles. The molecule has 2 aromatic rings. The number of benzene rings is 1. The number of anilines is 1. The molecule has 4 N–H and O–H groups in total. The van der Waals surface area contributed by atoms with Crippen molar-refractivity contribution in [1.82, 2.24) is 4.98 Å². The lowest BCUT2D eigenvalue weighted by atomic mass is 10.2. The number of rotatable bonds is 1. The Bertz CT molecular complexity index is 535. The third-order valence-electron chi connectivity index (χ3n) is 1.97. The van der Waals surface area contributed by atoms with Crippen molar-refractivity contribution < 1.29 is 14.6 Å². The van der Waals surface area contributed by atoms with Crippen LogP contribution in [0.15, 0.2) is 18.3 Å². The first-order valence-electron chi connectivity index (χ1n) is 4.05. The van der Waals surface area contributed by atoms with Gasteiger partial charge in [-0.25, -0.2) is 4.79 Å². The van der Waals surface area contributed by atoms with Crippen LogP contribution in [-0.2, 0) is 0 Å². The van der Waals surface area contributed by atoms with Crippen LogP contribution in [0, 0.1) is 0 Å². The molecule has 0 bridgehead atoms. The molecule has 0 unspecified atom stereocenters. The Morgan fingerprint density at radius 1 is 1.60 bits per heavy atom. The molecule has 78 valence electrons. The summed E-state index contributed by atoms with van der Waals surface area (Å²) in [5.41, 5.74) is 6.73. The molecule has 2 rings (SSSR count). The lowest BCUT2D eigenvalue weighted by Gasteiger charge is -2.05. The largest absolute Gasteiger partial charge is 0.511 e. The molecule has 0 radical (unpaired) electrons. The predicted octanol–water partition coefficient (Wildman–Crippen LogP) is 2.46. The van der Waals surface area contributed by atoms with E-state index in [4.69, 9.17) is 22.4 Å². The number of hydrogen-bond donors (Lipinski definition) is 3. The highest BCUT2D eigenvalue weighted by atomic mass is 35.5. The van der Waals surface area contributed by atoms with Crippen LogP contribution >= 0.6 is 11.6 Å². The van der Waals surface area contributed by atoms with Gasteiger partial charge in [0.2, 0.25) is 0 Å². The van der Waals surface area contributed by atoms with Crippen LogP contribution in [0.2, 0.25) is 5.02 Å².